The number of aliphatic hydroxyl groups excluding tert-OH is 1. The van der Waals surface area contributed by atoms with Gasteiger partial charge in [-0.1, -0.05) is 17.7 Å². The largest absolute Gasteiger partial charge is 0.461 e. The van der Waals surface area contributed by atoms with Crippen LogP contribution in [0.1, 0.15) is 17.1 Å². The second-order valence-electron chi connectivity index (χ2n) is 3.68. The van der Waals surface area contributed by atoms with E-state index in [0.717, 1.165) is 4.90 Å². The second kappa shape index (κ2) is 5.91. The molecule has 0 saturated carbocycles. The minimum atomic E-state index is -0.0783. The van der Waals surface area contributed by atoms with E-state index in [-0.39, 0.29) is 6.61 Å². The van der Waals surface area contributed by atoms with Crippen LogP contribution in [0.4, 0.5) is 0 Å². The van der Waals surface area contributed by atoms with Gasteiger partial charge in [-0.2, -0.15) is 0 Å². The highest BCUT2D eigenvalue weighted by molar-refractivity contribution is 7.94. The molecular weight excluding hydrogens is 236 g/mol. The molecule has 1 heterocycles. The van der Waals surface area contributed by atoms with E-state index in [9.17, 15) is 0 Å². The van der Waals surface area contributed by atoms with Crippen molar-refractivity contribution in [2.75, 3.05) is 0 Å². The number of benzene rings is 1. The molecule has 90 valence electrons. The Hall–Kier alpha value is -1.23. The fourth-order valence-corrected chi connectivity index (χ4v) is 1.89. The predicted molar refractivity (Wildman–Crippen MR) is 66.5 cm³/mol. The molecule has 0 aliphatic heterocycles. The Morgan fingerprint density at radius 1 is 1.12 bits per heavy atom. The summed E-state index contributed by atoms with van der Waals surface area (Å²) in [5.74, 6) is 1.28. The van der Waals surface area contributed by atoms with Crippen molar-refractivity contribution in [3.63, 3.8) is 0 Å². The highest BCUT2D eigenvalue weighted by atomic mass is 32.2. The third-order valence-corrected chi connectivity index (χ3v) is 2.95. The SMILES string of the molecule is Cc1ccc(SOCc2ccc(CO)o2)cc1. The van der Waals surface area contributed by atoms with Gasteiger partial charge in [0.25, 0.3) is 0 Å². The van der Waals surface area contributed by atoms with Crippen LogP contribution in [0.2, 0.25) is 0 Å². The maximum Gasteiger partial charge on any atom is 0.131 e. The Morgan fingerprint density at radius 2 is 1.82 bits per heavy atom. The summed E-state index contributed by atoms with van der Waals surface area (Å²) < 4.78 is 10.7. The Kier molecular flexibility index (Phi) is 4.25. The molecule has 0 unspecified atom stereocenters. The van der Waals surface area contributed by atoms with Crippen molar-refractivity contribution >= 4 is 12.0 Å². The molecule has 2 aromatic rings. The van der Waals surface area contributed by atoms with Gasteiger partial charge in [0.15, 0.2) is 0 Å². The topological polar surface area (TPSA) is 42.6 Å². The molecule has 0 fully saturated rings. The van der Waals surface area contributed by atoms with Gasteiger partial charge >= 0.3 is 0 Å². The molecule has 0 spiro atoms. The monoisotopic (exact) mass is 250 g/mol. The fourth-order valence-electron chi connectivity index (χ4n) is 1.33. The van der Waals surface area contributed by atoms with E-state index in [2.05, 4.69) is 6.92 Å². The lowest BCUT2D eigenvalue weighted by molar-refractivity contribution is 0.233. The van der Waals surface area contributed by atoms with Gasteiger partial charge in [-0.05, 0) is 31.2 Å². The summed E-state index contributed by atoms with van der Waals surface area (Å²) in [6.45, 7) is 2.36. The van der Waals surface area contributed by atoms with Crippen LogP contribution < -0.4 is 0 Å². The van der Waals surface area contributed by atoms with Gasteiger partial charge < -0.3 is 13.7 Å². The average Bonchev–Trinajstić information content (AvgIpc) is 2.80. The van der Waals surface area contributed by atoms with E-state index in [4.69, 9.17) is 13.7 Å². The highest BCUT2D eigenvalue weighted by Gasteiger charge is 2.02. The summed E-state index contributed by atoms with van der Waals surface area (Å²) in [6, 6.07) is 11.7. The number of hydrogen-bond donors (Lipinski definition) is 1. The van der Waals surface area contributed by atoms with E-state index in [0.29, 0.717) is 18.1 Å². The third kappa shape index (κ3) is 3.63. The molecule has 0 bridgehead atoms. The van der Waals surface area contributed by atoms with Crippen LogP contribution in [-0.2, 0) is 17.4 Å². The molecule has 0 radical (unpaired) electrons. The van der Waals surface area contributed by atoms with Gasteiger partial charge in [-0.15, -0.1) is 0 Å². The van der Waals surface area contributed by atoms with Gasteiger partial charge in [-0.3, -0.25) is 0 Å². The van der Waals surface area contributed by atoms with Crippen LogP contribution in [0.5, 0.6) is 0 Å². The molecule has 0 aliphatic carbocycles. The number of rotatable bonds is 5. The van der Waals surface area contributed by atoms with Gasteiger partial charge in [0.2, 0.25) is 0 Å². The van der Waals surface area contributed by atoms with Crippen LogP contribution in [0.15, 0.2) is 45.7 Å². The minimum Gasteiger partial charge on any atom is -0.461 e. The van der Waals surface area contributed by atoms with E-state index >= 15 is 0 Å². The average molecular weight is 250 g/mol. The summed E-state index contributed by atoms with van der Waals surface area (Å²) in [7, 11) is 0. The zero-order valence-corrected chi connectivity index (χ0v) is 10.4. The maximum absolute atomic E-state index is 8.84. The van der Waals surface area contributed by atoms with Crippen molar-refractivity contribution in [3.05, 3.63) is 53.5 Å². The van der Waals surface area contributed by atoms with Gasteiger partial charge in [-0.25, -0.2) is 0 Å². The van der Waals surface area contributed by atoms with Crippen molar-refractivity contribution < 1.29 is 13.7 Å². The van der Waals surface area contributed by atoms with Crippen LogP contribution >= 0.6 is 12.0 Å². The number of aryl methyl sites for hydroxylation is 1. The molecule has 0 atom stereocenters. The van der Waals surface area contributed by atoms with Crippen molar-refractivity contribution in [1.29, 1.82) is 0 Å². The smallest absolute Gasteiger partial charge is 0.131 e. The summed E-state index contributed by atoms with van der Waals surface area (Å²) in [6.07, 6.45) is 0. The van der Waals surface area contributed by atoms with Crippen molar-refractivity contribution in [2.24, 2.45) is 0 Å². The van der Waals surface area contributed by atoms with Crippen molar-refractivity contribution in [1.82, 2.24) is 0 Å². The zero-order valence-electron chi connectivity index (χ0n) is 9.55. The minimum absolute atomic E-state index is 0.0783. The molecule has 0 amide bonds. The lowest BCUT2D eigenvalue weighted by Crippen LogP contribution is -1.83. The molecule has 0 saturated heterocycles. The summed E-state index contributed by atoms with van der Waals surface area (Å²) in [4.78, 5) is 1.06. The Labute approximate surface area is 105 Å². The molecule has 0 aliphatic rings. The first kappa shape index (κ1) is 12.2. The number of furan rings is 1. The van der Waals surface area contributed by atoms with Crippen LogP contribution in [0, 0.1) is 6.92 Å². The zero-order chi connectivity index (χ0) is 12.1. The van der Waals surface area contributed by atoms with E-state index in [1.54, 1.807) is 12.1 Å². The van der Waals surface area contributed by atoms with E-state index < -0.39 is 0 Å². The molecule has 1 aromatic carbocycles. The molecule has 3 nitrogen and oxygen atoms in total. The molecular formula is C13H14O3S. The second-order valence-corrected chi connectivity index (χ2v) is 4.56. The first-order chi connectivity index (χ1) is 8.28. The predicted octanol–water partition coefficient (Wildman–Crippen LogP) is 3.30. The third-order valence-electron chi connectivity index (χ3n) is 2.25. The lowest BCUT2D eigenvalue weighted by atomic mass is 10.2. The first-order valence-electron chi connectivity index (χ1n) is 5.32. The van der Waals surface area contributed by atoms with Crippen molar-refractivity contribution in [3.8, 4) is 0 Å². The lowest BCUT2D eigenvalue weighted by Gasteiger charge is -2.01. The normalized spacial score (nSPS) is 10.7. The molecule has 2 rings (SSSR count). The Morgan fingerprint density at radius 3 is 2.47 bits per heavy atom. The molecule has 17 heavy (non-hydrogen) atoms. The maximum atomic E-state index is 8.84. The van der Waals surface area contributed by atoms with Crippen molar-refractivity contribution in [2.45, 2.75) is 25.0 Å². The first-order valence-corrected chi connectivity index (χ1v) is 6.06. The summed E-state index contributed by atoms with van der Waals surface area (Å²) >= 11 is 1.32. The number of hydrogen-bond acceptors (Lipinski definition) is 4. The van der Waals surface area contributed by atoms with Crippen LogP contribution in [0.3, 0.4) is 0 Å². The van der Waals surface area contributed by atoms with Gasteiger partial charge in [0, 0.05) is 16.9 Å². The summed E-state index contributed by atoms with van der Waals surface area (Å²) in [5, 5.41) is 8.84. The molecule has 1 aromatic heterocycles. The van der Waals surface area contributed by atoms with Crippen LogP contribution in [-0.4, -0.2) is 5.11 Å². The van der Waals surface area contributed by atoms with Gasteiger partial charge in [0.1, 0.15) is 24.7 Å². The summed E-state index contributed by atoms with van der Waals surface area (Å²) in [5.41, 5.74) is 1.23. The standard InChI is InChI=1S/C13H14O3S/c1-10-2-6-13(7-3-10)17-15-9-12-5-4-11(8-14)16-12/h2-7,14H,8-9H2,1H3. The Balaban J connectivity index is 1.81. The van der Waals surface area contributed by atoms with Gasteiger partial charge in [0.05, 0.1) is 0 Å². The Bertz CT molecular complexity index is 462. The molecule has 4 heteroatoms. The van der Waals surface area contributed by atoms with E-state index in [1.165, 1.54) is 17.6 Å². The van der Waals surface area contributed by atoms with E-state index in [1.807, 2.05) is 24.3 Å². The fraction of sp³-hybridized carbons (Fsp3) is 0.231. The number of aliphatic hydroxyl groups is 1. The van der Waals surface area contributed by atoms with Crippen LogP contribution in [0.25, 0.3) is 0 Å². The molecule has 1 N–H and O–H groups in total. The highest BCUT2D eigenvalue weighted by Crippen LogP contribution is 2.21. The quantitative estimate of drug-likeness (QED) is 0.827.